The highest BCUT2D eigenvalue weighted by molar-refractivity contribution is 6.89. The highest BCUT2D eigenvalue weighted by Crippen LogP contribution is 2.18. The summed E-state index contributed by atoms with van der Waals surface area (Å²) < 4.78 is 12.9. The van der Waals surface area contributed by atoms with Crippen molar-refractivity contribution in [1.82, 2.24) is 0 Å². The lowest BCUT2D eigenvalue weighted by Crippen LogP contribution is -2.43. The predicted molar refractivity (Wildman–Crippen MR) is 92.4 cm³/mol. The molecule has 21 heavy (non-hydrogen) atoms. The van der Waals surface area contributed by atoms with E-state index in [-0.39, 0.29) is 5.82 Å². The van der Waals surface area contributed by atoms with E-state index in [9.17, 15) is 4.39 Å². The van der Waals surface area contributed by atoms with Gasteiger partial charge < -0.3 is 5.32 Å². The van der Waals surface area contributed by atoms with Gasteiger partial charge in [0.1, 0.15) is 5.82 Å². The van der Waals surface area contributed by atoms with E-state index in [0.717, 1.165) is 12.2 Å². The van der Waals surface area contributed by atoms with Gasteiger partial charge in [-0.15, -0.1) is 0 Å². The molecule has 0 saturated heterocycles. The smallest absolute Gasteiger partial charge is 0.123 e. The minimum Gasteiger partial charge on any atom is -0.385 e. The molecule has 0 aliphatic rings. The van der Waals surface area contributed by atoms with E-state index >= 15 is 0 Å². The summed E-state index contributed by atoms with van der Waals surface area (Å²) in [7, 11) is -1.39. The second-order valence-electron chi connectivity index (χ2n) is 6.45. The Morgan fingerprint density at radius 2 is 1.62 bits per heavy atom. The van der Waals surface area contributed by atoms with Gasteiger partial charge >= 0.3 is 0 Å². The van der Waals surface area contributed by atoms with Crippen molar-refractivity contribution < 1.29 is 4.39 Å². The summed E-state index contributed by atoms with van der Waals surface area (Å²) in [6.45, 7) is 8.07. The van der Waals surface area contributed by atoms with E-state index in [1.54, 1.807) is 12.1 Å². The normalized spacial score (nSPS) is 13.0. The average molecular weight is 301 g/mol. The number of nitrogens with one attached hydrogen (secondary N) is 1. The third-order valence-corrected chi connectivity index (χ3v) is 7.53. The van der Waals surface area contributed by atoms with Gasteiger partial charge in [0.05, 0.1) is 8.07 Å². The van der Waals surface area contributed by atoms with E-state index in [1.165, 1.54) is 23.4 Å². The van der Waals surface area contributed by atoms with Gasteiger partial charge in [-0.05, 0) is 36.2 Å². The second-order valence-corrected chi connectivity index (χ2v) is 11.2. The molecule has 0 aromatic heterocycles. The van der Waals surface area contributed by atoms with Crippen LogP contribution >= 0.6 is 0 Å². The molecule has 0 bridgehead atoms. The van der Waals surface area contributed by atoms with Gasteiger partial charge in [-0.2, -0.15) is 0 Å². The number of rotatable bonds is 6. The van der Waals surface area contributed by atoms with E-state index < -0.39 is 8.07 Å². The molecule has 2 aromatic carbocycles. The summed E-state index contributed by atoms with van der Waals surface area (Å²) in [4.78, 5) is 0. The Hall–Kier alpha value is -1.61. The molecule has 1 nitrogen and oxygen atoms in total. The summed E-state index contributed by atoms with van der Waals surface area (Å²) in [5.74, 6) is 0.406. The summed E-state index contributed by atoms with van der Waals surface area (Å²) in [6.07, 6.45) is 0. The van der Waals surface area contributed by atoms with E-state index in [4.69, 9.17) is 0 Å². The van der Waals surface area contributed by atoms with Crippen LogP contribution in [0.2, 0.25) is 19.1 Å². The van der Waals surface area contributed by atoms with Crippen LogP contribution in [0.3, 0.4) is 0 Å². The zero-order chi connectivity index (χ0) is 15.3. The van der Waals surface area contributed by atoms with E-state index in [0.29, 0.717) is 5.92 Å². The molecule has 2 aromatic rings. The number of halogens is 1. The quantitative estimate of drug-likeness (QED) is 0.775. The number of hydrogen-bond donors (Lipinski definition) is 1. The highest BCUT2D eigenvalue weighted by atomic mass is 28.3. The lowest BCUT2D eigenvalue weighted by molar-refractivity contribution is 0.627. The maximum Gasteiger partial charge on any atom is 0.123 e. The third kappa shape index (κ3) is 4.71. The van der Waals surface area contributed by atoms with Crippen molar-refractivity contribution in [2.24, 2.45) is 5.92 Å². The van der Waals surface area contributed by atoms with Gasteiger partial charge in [0, 0.05) is 12.2 Å². The Bertz CT molecular complexity index is 551. The molecule has 0 amide bonds. The van der Waals surface area contributed by atoms with E-state index in [1.807, 2.05) is 0 Å². The SMILES string of the molecule is CC(CNc1ccc(F)cc1)C[Si](C)(C)c1ccccc1. The Kier molecular flexibility index (Phi) is 5.18. The molecule has 0 aliphatic carbocycles. The standard InChI is InChI=1S/C18H24FNSi/c1-15(13-20-17-11-9-16(19)10-12-17)14-21(2,3)18-7-5-4-6-8-18/h4-12,15,20H,13-14H2,1-3H3. The second kappa shape index (κ2) is 6.90. The van der Waals surface area contributed by atoms with Crippen LogP contribution in [0.1, 0.15) is 6.92 Å². The van der Waals surface area contributed by atoms with Crippen LogP contribution in [0.15, 0.2) is 54.6 Å². The van der Waals surface area contributed by atoms with Crippen LogP contribution in [-0.4, -0.2) is 14.6 Å². The Morgan fingerprint density at radius 3 is 2.24 bits per heavy atom. The van der Waals surface area contributed by atoms with E-state index in [2.05, 4.69) is 55.7 Å². The summed E-state index contributed by atoms with van der Waals surface area (Å²) in [6, 6.07) is 18.7. The number of anilines is 1. The molecule has 112 valence electrons. The van der Waals surface area contributed by atoms with Gasteiger partial charge in [-0.3, -0.25) is 0 Å². The molecule has 0 fully saturated rings. The van der Waals surface area contributed by atoms with Crippen molar-refractivity contribution in [3.05, 3.63) is 60.4 Å². The van der Waals surface area contributed by atoms with Crippen molar-refractivity contribution in [2.45, 2.75) is 26.1 Å². The Balaban J connectivity index is 1.89. The fourth-order valence-electron chi connectivity index (χ4n) is 2.81. The van der Waals surface area contributed by atoms with Gasteiger partial charge in [-0.25, -0.2) is 4.39 Å². The third-order valence-electron chi connectivity index (χ3n) is 3.91. The maximum atomic E-state index is 12.9. The van der Waals surface area contributed by atoms with Gasteiger partial charge in [-0.1, -0.05) is 55.5 Å². The van der Waals surface area contributed by atoms with Gasteiger partial charge in [0.25, 0.3) is 0 Å². The fraction of sp³-hybridized carbons (Fsp3) is 0.333. The highest BCUT2D eigenvalue weighted by Gasteiger charge is 2.25. The lowest BCUT2D eigenvalue weighted by Gasteiger charge is -2.27. The first kappa shape index (κ1) is 15.8. The molecule has 0 spiro atoms. The van der Waals surface area contributed by atoms with Crippen LogP contribution in [0, 0.1) is 11.7 Å². The zero-order valence-electron chi connectivity index (χ0n) is 13.1. The molecule has 1 N–H and O–H groups in total. The molecule has 0 radical (unpaired) electrons. The molecule has 3 heteroatoms. The van der Waals surface area contributed by atoms with Crippen LogP contribution in [0.25, 0.3) is 0 Å². The minimum atomic E-state index is -1.39. The first-order chi connectivity index (χ1) is 9.97. The van der Waals surface area contributed by atoms with Crippen LogP contribution in [-0.2, 0) is 0 Å². The van der Waals surface area contributed by atoms with Crippen molar-refractivity contribution in [1.29, 1.82) is 0 Å². The van der Waals surface area contributed by atoms with Crippen molar-refractivity contribution in [3.63, 3.8) is 0 Å². The first-order valence-corrected chi connectivity index (χ1v) is 10.7. The molecule has 0 aliphatic heterocycles. The molecular formula is C18H24FNSi. The molecule has 1 atom stereocenters. The summed E-state index contributed by atoms with van der Waals surface area (Å²) in [5.41, 5.74) is 0.988. The first-order valence-electron chi connectivity index (χ1n) is 7.52. The molecule has 1 unspecified atom stereocenters. The Labute approximate surface area is 128 Å². The zero-order valence-corrected chi connectivity index (χ0v) is 14.1. The average Bonchev–Trinajstić information content (AvgIpc) is 2.47. The molecule has 0 heterocycles. The molecule has 2 rings (SSSR count). The number of hydrogen-bond acceptors (Lipinski definition) is 1. The molecule has 0 saturated carbocycles. The summed E-state index contributed by atoms with van der Waals surface area (Å²) >= 11 is 0. The number of benzene rings is 2. The van der Waals surface area contributed by atoms with Gasteiger partial charge in [0.15, 0.2) is 0 Å². The van der Waals surface area contributed by atoms with Gasteiger partial charge in [0.2, 0.25) is 0 Å². The largest absolute Gasteiger partial charge is 0.385 e. The lowest BCUT2D eigenvalue weighted by atomic mass is 10.2. The maximum absolute atomic E-state index is 12.9. The minimum absolute atomic E-state index is 0.189. The van der Waals surface area contributed by atoms with Crippen molar-refractivity contribution in [3.8, 4) is 0 Å². The fourth-order valence-corrected chi connectivity index (χ4v) is 6.03. The van der Waals surface area contributed by atoms with Crippen LogP contribution in [0.5, 0.6) is 0 Å². The van der Waals surface area contributed by atoms with Crippen LogP contribution in [0.4, 0.5) is 10.1 Å². The topological polar surface area (TPSA) is 12.0 Å². The summed E-state index contributed by atoms with van der Waals surface area (Å²) in [5, 5.41) is 4.91. The molecular weight excluding hydrogens is 277 g/mol. The van der Waals surface area contributed by atoms with Crippen LogP contribution < -0.4 is 10.5 Å². The predicted octanol–water partition coefficient (Wildman–Crippen LogP) is 4.49. The van der Waals surface area contributed by atoms with Crippen molar-refractivity contribution in [2.75, 3.05) is 11.9 Å². The monoisotopic (exact) mass is 301 g/mol. The van der Waals surface area contributed by atoms with Crippen molar-refractivity contribution >= 4 is 18.9 Å². The Morgan fingerprint density at radius 1 is 1.00 bits per heavy atom.